The third-order valence-electron chi connectivity index (χ3n) is 9.64. The summed E-state index contributed by atoms with van der Waals surface area (Å²) in [7, 11) is 3.00. The minimum Gasteiger partial charge on any atom is -0.436 e. The molecule has 3 heterocycles. The molecule has 1 aliphatic carbocycles. The number of aromatic nitrogens is 3. The molecule has 6 rings (SSSR count). The number of allylic oxidation sites excluding steroid dienone is 5. The number of nitrogens with one attached hydrogen (secondary N) is 3. The first-order valence-corrected chi connectivity index (χ1v) is 20.8. The summed E-state index contributed by atoms with van der Waals surface area (Å²) in [5, 5.41) is 6.45. The number of hydrogen-bond acceptors (Lipinski definition) is 9. The lowest BCUT2D eigenvalue weighted by Gasteiger charge is -2.32. The van der Waals surface area contributed by atoms with Gasteiger partial charge >= 0.3 is 0 Å². The topological polar surface area (TPSA) is 188 Å². The van der Waals surface area contributed by atoms with E-state index in [1.54, 1.807) is 17.2 Å². The van der Waals surface area contributed by atoms with Crippen molar-refractivity contribution in [3.63, 3.8) is 0 Å². The number of carbonyl (C=O) groups excluding carboxylic acids is 3. The fourth-order valence-corrected chi connectivity index (χ4v) is 6.91. The van der Waals surface area contributed by atoms with Gasteiger partial charge in [-0.25, -0.2) is 9.97 Å². The predicted molar refractivity (Wildman–Crippen MR) is 249 cm³/mol. The van der Waals surface area contributed by atoms with Crippen LogP contribution < -0.4 is 22.1 Å². The van der Waals surface area contributed by atoms with E-state index in [1.807, 2.05) is 79.4 Å². The van der Waals surface area contributed by atoms with Crippen molar-refractivity contribution >= 4 is 40.1 Å². The van der Waals surface area contributed by atoms with Crippen LogP contribution >= 0.6 is 0 Å². The zero-order valence-electron chi connectivity index (χ0n) is 36.4. The molecule has 7 N–H and O–H groups in total. The van der Waals surface area contributed by atoms with Crippen LogP contribution in [0.2, 0.25) is 0 Å². The van der Waals surface area contributed by atoms with E-state index in [-0.39, 0.29) is 24.1 Å². The predicted octanol–water partition coefficient (Wildman–Crippen LogP) is 8.13. The number of benzene rings is 2. The fraction of sp³-hybridized carbons (Fsp3) is 0.354. The number of nitrogens with two attached hydrogens (primary N) is 2. The Labute approximate surface area is 361 Å². The number of oxazole rings is 1. The second kappa shape index (κ2) is 25.9. The maximum atomic E-state index is 13.8. The van der Waals surface area contributed by atoms with Gasteiger partial charge in [0.05, 0.1) is 47.1 Å². The highest BCUT2D eigenvalue weighted by molar-refractivity contribution is 6.02. The molecule has 0 bridgehead atoms. The normalized spacial score (nSPS) is 14.1. The molecule has 0 saturated carbocycles. The van der Waals surface area contributed by atoms with Crippen LogP contribution in [0.25, 0.3) is 33.8 Å². The molecule has 4 aromatic rings. The van der Waals surface area contributed by atoms with Crippen LogP contribution in [0.3, 0.4) is 0 Å². The van der Waals surface area contributed by atoms with Crippen molar-refractivity contribution in [1.29, 1.82) is 0 Å². The molecule has 13 heteroatoms. The first kappa shape index (κ1) is 48.9. The summed E-state index contributed by atoms with van der Waals surface area (Å²) in [6.45, 7) is 12.2. The molecule has 2 aliphatic rings. The Kier molecular flexibility index (Phi) is 20.7. The highest BCUT2D eigenvalue weighted by Gasteiger charge is 2.30. The van der Waals surface area contributed by atoms with Crippen molar-refractivity contribution in [3.05, 3.63) is 109 Å². The Hall–Kier alpha value is -6.49. The molecule has 1 unspecified atom stereocenters. The summed E-state index contributed by atoms with van der Waals surface area (Å²) >= 11 is 0. The summed E-state index contributed by atoms with van der Waals surface area (Å²) in [6.07, 6.45) is 28.3. The third-order valence-corrected chi connectivity index (χ3v) is 9.64. The fourth-order valence-electron chi connectivity index (χ4n) is 6.91. The Morgan fingerprint density at radius 2 is 1.87 bits per heavy atom. The number of hydrogen-bond donors (Lipinski definition) is 5. The van der Waals surface area contributed by atoms with E-state index in [2.05, 4.69) is 70.6 Å². The molecule has 2 aromatic heterocycles. The van der Waals surface area contributed by atoms with Crippen molar-refractivity contribution in [2.45, 2.75) is 78.3 Å². The molecular weight excluding hydrogens is 767 g/mol. The van der Waals surface area contributed by atoms with E-state index in [4.69, 9.17) is 9.40 Å². The zero-order valence-corrected chi connectivity index (χ0v) is 36.4. The molecule has 1 aliphatic heterocycles. The SMILES string of the molecule is C#C.C=C(/C=C\CC)CC(=O)N1CCC=CC1C(=O)Nc1cccc(-c2ncc(-c3ccc4nc(CN(CCC)C(=O)CC5=CC=CCC5)[nH]c4c3)o2)c1NCC.CN.CN. The van der Waals surface area contributed by atoms with Crippen LogP contribution in [0.5, 0.6) is 0 Å². The Balaban J connectivity index is 0.00000158. The molecule has 1 atom stereocenters. The van der Waals surface area contributed by atoms with E-state index in [0.717, 1.165) is 48.1 Å². The second-order valence-corrected chi connectivity index (χ2v) is 13.9. The zero-order chi connectivity index (χ0) is 44.7. The van der Waals surface area contributed by atoms with Crippen molar-refractivity contribution in [2.24, 2.45) is 11.5 Å². The first-order valence-electron chi connectivity index (χ1n) is 20.8. The van der Waals surface area contributed by atoms with Crippen LogP contribution in [-0.4, -0.2) is 82.2 Å². The first-order chi connectivity index (χ1) is 29.8. The Morgan fingerprint density at radius 3 is 2.57 bits per heavy atom. The van der Waals surface area contributed by atoms with E-state index < -0.39 is 6.04 Å². The minimum absolute atomic E-state index is 0.111. The van der Waals surface area contributed by atoms with E-state index in [9.17, 15) is 14.4 Å². The molecule has 0 spiro atoms. The maximum Gasteiger partial charge on any atom is 0.251 e. The van der Waals surface area contributed by atoms with Gasteiger partial charge < -0.3 is 41.3 Å². The van der Waals surface area contributed by atoms with Crippen molar-refractivity contribution in [2.75, 3.05) is 44.4 Å². The lowest BCUT2D eigenvalue weighted by Crippen LogP contribution is -2.48. The number of anilines is 2. The van der Waals surface area contributed by atoms with Gasteiger partial charge in [-0.2, -0.15) is 0 Å². The minimum atomic E-state index is -0.749. The van der Waals surface area contributed by atoms with Crippen LogP contribution in [0.15, 0.2) is 107 Å². The van der Waals surface area contributed by atoms with Gasteiger partial charge in [0.1, 0.15) is 11.9 Å². The number of para-hydroxylation sites is 1. The van der Waals surface area contributed by atoms with Gasteiger partial charge in [0.15, 0.2) is 5.76 Å². The third kappa shape index (κ3) is 13.5. The summed E-state index contributed by atoms with van der Waals surface area (Å²) in [5.74, 6) is 1.35. The van der Waals surface area contributed by atoms with E-state index in [0.29, 0.717) is 73.2 Å². The van der Waals surface area contributed by atoms with Crippen LogP contribution in [0, 0.1) is 12.8 Å². The molecular formula is C48H63N9O4. The molecule has 13 nitrogen and oxygen atoms in total. The lowest BCUT2D eigenvalue weighted by molar-refractivity contribution is -0.136. The Morgan fingerprint density at radius 1 is 1.08 bits per heavy atom. The largest absolute Gasteiger partial charge is 0.436 e. The summed E-state index contributed by atoms with van der Waals surface area (Å²) in [6, 6.07) is 10.7. The van der Waals surface area contributed by atoms with Crippen LogP contribution in [-0.2, 0) is 20.9 Å². The summed E-state index contributed by atoms with van der Waals surface area (Å²) in [5.41, 5.74) is 15.2. The highest BCUT2D eigenvalue weighted by Crippen LogP contribution is 2.36. The number of H-pyrrole nitrogens is 1. The quantitative estimate of drug-likeness (QED) is 0.0422. The smallest absolute Gasteiger partial charge is 0.251 e. The highest BCUT2D eigenvalue weighted by atomic mass is 16.4. The molecule has 2 aromatic carbocycles. The van der Waals surface area contributed by atoms with Gasteiger partial charge in [-0.05, 0) is 89.0 Å². The van der Waals surface area contributed by atoms with Gasteiger partial charge in [0.2, 0.25) is 17.7 Å². The van der Waals surface area contributed by atoms with Gasteiger partial charge in [-0.1, -0.05) is 74.6 Å². The number of carbonyl (C=O) groups is 3. The molecule has 0 radical (unpaired) electrons. The number of amides is 3. The number of rotatable bonds is 16. The Bertz CT molecular complexity index is 2210. The van der Waals surface area contributed by atoms with Crippen molar-refractivity contribution in [3.8, 4) is 35.6 Å². The lowest BCUT2D eigenvalue weighted by atomic mass is 10.0. The number of aromatic amines is 1. The monoisotopic (exact) mass is 830 g/mol. The summed E-state index contributed by atoms with van der Waals surface area (Å²) in [4.78, 5) is 56.6. The number of imidazole rings is 1. The second-order valence-electron chi connectivity index (χ2n) is 13.9. The van der Waals surface area contributed by atoms with Gasteiger partial charge in [0.25, 0.3) is 5.91 Å². The summed E-state index contributed by atoms with van der Waals surface area (Å²) < 4.78 is 6.35. The number of terminal acetylenes is 1. The number of nitrogens with zero attached hydrogens (tertiary/aromatic N) is 4. The average Bonchev–Trinajstić information content (AvgIpc) is 3.96. The van der Waals surface area contributed by atoms with E-state index in [1.165, 1.54) is 19.7 Å². The van der Waals surface area contributed by atoms with Gasteiger partial charge in [-0.3, -0.25) is 14.4 Å². The van der Waals surface area contributed by atoms with Crippen molar-refractivity contribution < 1.29 is 18.8 Å². The van der Waals surface area contributed by atoms with E-state index >= 15 is 0 Å². The molecule has 61 heavy (non-hydrogen) atoms. The molecule has 3 amide bonds. The molecule has 0 saturated heterocycles. The molecule has 324 valence electrons. The standard InChI is InChI=1S/C44H51N7O4.C2H2.2CH5N/c1-5-8-15-30(4)25-41(53)51-24-13-12-20-37(51)43(54)49-35-19-14-18-33(42(35)45-7-3)44-46-28-38(55-44)32-21-22-34-36(27-32)48-39(47-34)29-50(23-6-2)40(52)26-31-16-10-9-11-17-31;3*1-2/h8-10,12,14-16,18-22,27-28,37,45H,4-7,11,13,17,23-26,29H2,1-3H3,(H,47,48)(H,49,54);1-2H;2*2H2,1H3/b15-8-;;;. The van der Waals surface area contributed by atoms with Crippen LogP contribution in [0.4, 0.5) is 11.4 Å². The van der Waals surface area contributed by atoms with Gasteiger partial charge in [0, 0.05) is 31.6 Å². The maximum absolute atomic E-state index is 13.8. The average molecular weight is 830 g/mol. The van der Waals surface area contributed by atoms with Crippen molar-refractivity contribution in [1.82, 2.24) is 24.8 Å². The molecule has 0 fully saturated rings. The van der Waals surface area contributed by atoms with Gasteiger partial charge in [-0.15, -0.1) is 12.8 Å². The van der Waals surface area contributed by atoms with Crippen LogP contribution in [0.1, 0.15) is 71.5 Å². The number of fused-ring (bicyclic) bond motifs is 1.